The van der Waals surface area contributed by atoms with E-state index in [4.69, 9.17) is 21.1 Å². The van der Waals surface area contributed by atoms with Crippen molar-refractivity contribution < 1.29 is 23.9 Å². The van der Waals surface area contributed by atoms with Crippen LogP contribution in [0.15, 0.2) is 72.8 Å². The molecule has 6 nitrogen and oxygen atoms in total. The summed E-state index contributed by atoms with van der Waals surface area (Å²) in [5.74, 6) is -0.381. The molecular formula is C29H24ClNO5. The van der Waals surface area contributed by atoms with E-state index in [0.29, 0.717) is 27.6 Å². The molecule has 182 valence electrons. The fourth-order valence-corrected chi connectivity index (χ4v) is 5.37. The molecule has 0 spiro atoms. The maximum Gasteiger partial charge on any atom is 0.308 e. The molecule has 0 unspecified atom stereocenters. The van der Waals surface area contributed by atoms with Gasteiger partial charge in [0, 0.05) is 53.2 Å². The normalized spacial score (nSPS) is 19.6. The Morgan fingerprint density at radius 2 is 1.67 bits per heavy atom. The molecule has 0 amide bonds. The zero-order chi connectivity index (χ0) is 25.4. The number of hydrogen-bond acceptors (Lipinski definition) is 6. The summed E-state index contributed by atoms with van der Waals surface area (Å²) in [4.78, 5) is 36.9. The zero-order valence-electron chi connectivity index (χ0n) is 19.8. The van der Waals surface area contributed by atoms with Crippen LogP contribution in [-0.2, 0) is 9.59 Å². The minimum atomic E-state index is -0.486. The van der Waals surface area contributed by atoms with Crippen LogP contribution >= 0.6 is 11.6 Å². The Bertz CT molecular complexity index is 1400. The van der Waals surface area contributed by atoms with Crippen LogP contribution in [0.4, 0.5) is 5.69 Å². The van der Waals surface area contributed by atoms with Crippen LogP contribution in [0.3, 0.4) is 0 Å². The monoisotopic (exact) mass is 501 g/mol. The number of esters is 2. The van der Waals surface area contributed by atoms with Crippen LogP contribution in [0.25, 0.3) is 0 Å². The first kappa shape index (κ1) is 23.8. The van der Waals surface area contributed by atoms with Gasteiger partial charge >= 0.3 is 11.9 Å². The number of halogens is 1. The van der Waals surface area contributed by atoms with Gasteiger partial charge in [0.25, 0.3) is 0 Å². The van der Waals surface area contributed by atoms with Crippen LogP contribution in [0.5, 0.6) is 11.5 Å². The van der Waals surface area contributed by atoms with Crippen LogP contribution in [0.1, 0.15) is 59.3 Å². The molecule has 0 saturated carbocycles. The Kier molecular flexibility index (Phi) is 6.37. The van der Waals surface area contributed by atoms with Crippen molar-refractivity contribution in [1.29, 1.82) is 0 Å². The molecule has 1 aliphatic heterocycles. The van der Waals surface area contributed by atoms with Gasteiger partial charge in [0.1, 0.15) is 11.5 Å². The quantitative estimate of drug-likeness (QED) is 0.193. The van der Waals surface area contributed by atoms with Crippen LogP contribution in [-0.4, -0.2) is 17.7 Å². The average Bonchev–Trinajstić information content (AvgIpc) is 3.33. The number of ether oxygens (including phenoxy) is 2. The molecule has 0 fully saturated rings. The molecule has 36 heavy (non-hydrogen) atoms. The molecule has 3 aromatic carbocycles. The van der Waals surface area contributed by atoms with Crippen LogP contribution in [0.2, 0.25) is 5.02 Å². The van der Waals surface area contributed by atoms with Crippen molar-refractivity contribution >= 4 is 35.0 Å². The molecule has 0 saturated heterocycles. The van der Waals surface area contributed by atoms with Crippen LogP contribution < -0.4 is 14.8 Å². The number of carbonyl (C=O) groups excluding carboxylic acids is 3. The number of nitrogens with one attached hydrogen (secondary N) is 1. The van der Waals surface area contributed by atoms with Gasteiger partial charge in [0.2, 0.25) is 0 Å². The first-order valence-electron chi connectivity index (χ1n) is 11.7. The third-order valence-electron chi connectivity index (χ3n) is 6.55. The van der Waals surface area contributed by atoms with E-state index in [1.165, 1.54) is 13.8 Å². The number of benzene rings is 3. The summed E-state index contributed by atoms with van der Waals surface area (Å²) < 4.78 is 10.8. The van der Waals surface area contributed by atoms with Crippen molar-refractivity contribution in [3.05, 3.63) is 100 Å². The third-order valence-corrected chi connectivity index (χ3v) is 6.77. The summed E-state index contributed by atoms with van der Waals surface area (Å²) in [6, 6.07) is 17.4. The van der Waals surface area contributed by atoms with E-state index < -0.39 is 11.9 Å². The largest absolute Gasteiger partial charge is 0.427 e. The Morgan fingerprint density at radius 3 is 2.39 bits per heavy atom. The second kappa shape index (κ2) is 9.63. The molecule has 3 atom stereocenters. The van der Waals surface area contributed by atoms with Crippen molar-refractivity contribution in [3.8, 4) is 11.5 Å². The summed E-state index contributed by atoms with van der Waals surface area (Å²) in [5.41, 5.74) is 3.46. The van der Waals surface area contributed by atoms with Gasteiger partial charge in [0.15, 0.2) is 5.78 Å². The Morgan fingerprint density at radius 1 is 0.917 bits per heavy atom. The molecule has 3 aromatic rings. The van der Waals surface area contributed by atoms with E-state index in [0.717, 1.165) is 17.5 Å². The van der Waals surface area contributed by atoms with E-state index >= 15 is 0 Å². The van der Waals surface area contributed by atoms with E-state index in [9.17, 15) is 14.4 Å². The molecule has 2 aliphatic rings. The predicted molar refractivity (Wildman–Crippen MR) is 137 cm³/mol. The average molecular weight is 502 g/mol. The number of allylic oxidation sites excluding steroid dienone is 2. The summed E-state index contributed by atoms with van der Waals surface area (Å²) in [5, 5.41) is 4.09. The van der Waals surface area contributed by atoms with Crippen molar-refractivity contribution in [2.75, 3.05) is 5.32 Å². The highest BCUT2D eigenvalue weighted by molar-refractivity contribution is 6.31. The first-order chi connectivity index (χ1) is 17.3. The van der Waals surface area contributed by atoms with Gasteiger partial charge in [-0.2, -0.15) is 0 Å². The maximum absolute atomic E-state index is 13.5. The fraction of sp³-hybridized carbons (Fsp3) is 0.207. The molecule has 5 rings (SSSR count). The molecule has 1 heterocycles. The molecule has 7 heteroatoms. The van der Waals surface area contributed by atoms with Crippen molar-refractivity contribution in [2.45, 2.75) is 32.2 Å². The van der Waals surface area contributed by atoms with E-state index in [1.54, 1.807) is 36.4 Å². The van der Waals surface area contributed by atoms with E-state index in [1.807, 2.05) is 24.3 Å². The highest BCUT2D eigenvalue weighted by Gasteiger charge is 2.41. The molecule has 1 N–H and O–H groups in total. The molecule has 0 bridgehead atoms. The Labute approximate surface area is 213 Å². The summed E-state index contributed by atoms with van der Waals surface area (Å²) in [7, 11) is 0. The van der Waals surface area contributed by atoms with E-state index in [-0.39, 0.29) is 29.4 Å². The maximum atomic E-state index is 13.5. The number of ketones is 1. The van der Waals surface area contributed by atoms with Gasteiger partial charge in [-0.25, -0.2) is 0 Å². The molecule has 0 radical (unpaired) electrons. The number of carbonyl (C=O) groups is 3. The van der Waals surface area contributed by atoms with Crippen LogP contribution in [0, 0.1) is 5.92 Å². The lowest BCUT2D eigenvalue weighted by Gasteiger charge is -2.39. The number of anilines is 1. The summed E-state index contributed by atoms with van der Waals surface area (Å²) in [6.45, 7) is 2.63. The summed E-state index contributed by atoms with van der Waals surface area (Å²) in [6.07, 6.45) is 5.06. The lowest BCUT2D eigenvalue weighted by Crippen LogP contribution is -2.31. The van der Waals surface area contributed by atoms with Gasteiger partial charge in [-0.15, -0.1) is 0 Å². The third kappa shape index (κ3) is 4.52. The van der Waals surface area contributed by atoms with Crippen molar-refractivity contribution in [3.63, 3.8) is 0 Å². The highest BCUT2D eigenvalue weighted by Crippen LogP contribution is 2.53. The number of fused-ring (bicyclic) bond motifs is 3. The van der Waals surface area contributed by atoms with Gasteiger partial charge in [0.05, 0.1) is 6.04 Å². The van der Waals surface area contributed by atoms with Crippen molar-refractivity contribution in [1.82, 2.24) is 0 Å². The Hall–Kier alpha value is -3.90. The Balaban J connectivity index is 1.63. The van der Waals surface area contributed by atoms with Gasteiger partial charge < -0.3 is 14.8 Å². The molecular weight excluding hydrogens is 478 g/mol. The molecule has 0 aromatic heterocycles. The van der Waals surface area contributed by atoms with Gasteiger partial charge in [-0.1, -0.05) is 54.1 Å². The minimum absolute atomic E-state index is 0.0191. The minimum Gasteiger partial charge on any atom is -0.427 e. The SMILES string of the molecule is CC(=O)Oc1ccc([C@@H]2Nc3c(C(=O)c4ccccc4)cc(Cl)cc3[C@@H]3C=CC[C@@H]32)c(OC(C)=O)c1. The summed E-state index contributed by atoms with van der Waals surface area (Å²) >= 11 is 6.50. The van der Waals surface area contributed by atoms with Gasteiger partial charge in [-0.05, 0) is 42.2 Å². The second-order valence-corrected chi connectivity index (χ2v) is 9.41. The van der Waals surface area contributed by atoms with E-state index in [2.05, 4.69) is 17.5 Å². The smallest absolute Gasteiger partial charge is 0.308 e. The zero-order valence-corrected chi connectivity index (χ0v) is 20.5. The number of hydrogen-bond donors (Lipinski definition) is 1. The van der Waals surface area contributed by atoms with Gasteiger partial charge in [-0.3, -0.25) is 14.4 Å². The first-order valence-corrected chi connectivity index (χ1v) is 12.1. The van der Waals surface area contributed by atoms with Crippen molar-refractivity contribution in [2.24, 2.45) is 5.92 Å². The lowest BCUT2D eigenvalue weighted by molar-refractivity contribution is -0.132. The second-order valence-electron chi connectivity index (χ2n) is 8.98. The fourth-order valence-electron chi connectivity index (χ4n) is 5.14. The highest BCUT2D eigenvalue weighted by atomic mass is 35.5. The lowest BCUT2D eigenvalue weighted by atomic mass is 9.75. The number of rotatable bonds is 5. The molecule has 1 aliphatic carbocycles. The topological polar surface area (TPSA) is 81.7 Å². The standard InChI is InChI=1S/C29H24ClNO5/c1-16(32)35-20-11-12-23(26(15-20)36-17(2)33)27-22-10-6-9-21(22)24-13-19(30)14-25(28(24)31-27)29(34)18-7-4-3-5-8-18/h3-9,11-15,21-22,27,31H,10H2,1-2H3/t21-,22+,27-/m1/s1. The predicted octanol–water partition coefficient (Wildman–Crippen LogP) is 6.25.